The lowest BCUT2D eigenvalue weighted by Gasteiger charge is -2.14. The number of fused-ring (bicyclic) bond motifs is 1. The highest BCUT2D eigenvalue weighted by Gasteiger charge is 2.26. The van der Waals surface area contributed by atoms with Crippen LogP contribution in [-0.4, -0.2) is 27.5 Å². The van der Waals surface area contributed by atoms with Crippen molar-refractivity contribution in [2.24, 2.45) is 0 Å². The number of hydrogen-bond acceptors (Lipinski definition) is 2. The fourth-order valence-electron chi connectivity index (χ4n) is 1.55. The lowest BCUT2D eigenvalue weighted by atomic mass is 10.1. The molecule has 0 aliphatic carbocycles. The first-order valence-electron chi connectivity index (χ1n) is 4.56. The summed E-state index contributed by atoms with van der Waals surface area (Å²) in [4.78, 5) is 4.22. The van der Waals surface area contributed by atoms with E-state index in [1.807, 2.05) is 13.0 Å². The normalized spacial score (nSPS) is 11.3. The molecule has 1 N–H and O–H groups in total. The topological polar surface area (TPSA) is 33.1 Å². The van der Waals surface area contributed by atoms with Gasteiger partial charge in [0.05, 0.1) is 0 Å². The predicted molar refractivity (Wildman–Crippen MR) is 77.3 cm³/mol. The largest absolute Gasteiger partial charge is 0.506 e. The van der Waals surface area contributed by atoms with E-state index in [1.54, 1.807) is 12.1 Å². The molecule has 0 saturated heterocycles. The third-order valence-electron chi connectivity index (χ3n) is 2.28. The Morgan fingerprint density at radius 3 is 2.35 bits per heavy atom. The van der Waals surface area contributed by atoms with Crippen LogP contribution in [0.25, 0.3) is 10.9 Å². The maximum atomic E-state index is 9.69. The van der Waals surface area contributed by atoms with Crippen molar-refractivity contribution in [3.05, 3.63) is 35.5 Å². The molecular formula is C11H11AlCl3NO. The molecule has 0 amide bonds. The minimum Gasteiger partial charge on any atom is -0.506 e. The number of benzene rings is 1. The van der Waals surface area contributed by atoms with Crippen molar-refractivity contribution in [1.29, 1.82) is 0 Å². The molecule has 90 valence electrons. The minimum atomic E-state index is -1.52. The Hall–Kier alpha value is -0.168. The number of rotatable bonds is 0. The van der Waals surface area contributed by atoms with Gasteiger partial charge in [-0.2, -0.15) is 0 Å². The molecule has 1 aromatic heterocycles. The van der Waals surface area contributed by atoms with E-state index in [1.165, 1.54) is 6.07 Å². The second-order valence-electron chi connectivity index (χ2n) is 3.48. The van der Waals surface area contributed by atoms with Crippen molar-refractivity contribution in [3.63, 3.8) is 0 Å². The first-order chi connectivity index (χ1) is 7.39. The van der Waals surface area contributed by atoms with Crippen molar-refractivity contribution in [1.82, 2.24) is 4.98 Å². The summed E-state index contributed by atoms with van der Waals surface area (Å²) in [5.41, 5.74) is 1.76. The number of phenols is 1. The second kappa shape index (κ2) is 5.22. The zero-order chi connectivity index (χ0) is 11.9. The Morgan fingerprint density at radius 1 is 1.12 bits per heavy atom. The molecule has 0 saturated carbocycles. The van der Waals surface area contributed by atoms with Gasteiger partial charge in [-0.1, -0.05) is 46.9 Å². The molecule has 0 fully saturated rings. The van der Waals surface area contributed by atoms with Gasteiger partial charge in [-0.25, -0.2) is 4.98 Å². The van der Waals surface area contributed by atoms with E-state index in [0.29, 0.717) is 16.5 Å². The van der Waals surface area contributed by atoms with Crippen LogP contribution in [0.15, 0.2) is 24.3 Å². The fourth-order valence-corrected chi connectivity index (χ4v) is 2.04. The quantitative estimate of drug-likeness (QED) is 0.600. The van der Waals surface area contributed by atoms with Gasteiger partial charge in [0, 0.05) is 16.6 Å². The van der Waals surface area contributed by atoms with Crippen molar-refractivity contribution in [3.8, 4) is 5.75 Å². The van der Waals surface area contributed by atoms with E-state index in [-0.39, 0.29) is 23.1 Å². The molecule has 2 aromatic rings. The lowest BCUT2D eigenvalue weighted by Crippen LogP contribution is -2.01. The van der Waals surface area contributed by atoms with Gasteiger partial charge in [0.2, 0.25) is 3.79 Å². The standard InChI is InChI=1S/C11H8Cl3NO.Al.3H/c1-6-2-3-7-8(11(12,13)14)4-5-9(16)10(7)15-6;;;;/h2-5,16H,1H3;;;;. The predicted octanol–water partition coefficient (Wildman–Crippen LogP) is 2.89. The second-order valence-corrected chi connectivity index (χ2v) is 5.76. The molecule has 0 spiro atoms. The molecule has 1 aromatic carbocycles. The average Bonchev–Trinajstić information content (AvgIpc) is 2.17. The molecule has 0 unspecified atom stereocenters. The molecule has 6 heteroatoms. The molecule has 2 rings (SSSR count). The third-order valence-corrected chi connectivity index (χ3v) is 2.89. The van der Waals surface area contributed by atoms with Gasteiger partial charge in [0.15, 0.2) is 17.4 Å². The SMILES string of the molecule is Cc1ccc2c(C(Cl)(Cl)Cl)ccc(O)c2n1.[AlH3]. The number of nitrogens with zero attached hydrogens (tertiary/aromatic N) is 1. The number of pyridine rings is 1. The van der Waals surface area contributed by atoms with Crippen LogP contribution in [0.1, 0.15) is 11.3 Å². The van der Waals surface area contributed by atoms with Crippen LogP contribution in [0, 0.1) is 6.92 Å². The number of alkyl halides is 3. The summed E-state index contributed by atoms with van der Waals surface area (Å²) < 4.78 is -1.52. The van der Waals surface area contributed by atoms with Crippen LogP contribution in [0.4, 0.5) is 0 Å². The molecule has 0 bridgehead atoms. The van der Waals surface area contributed by atoms with Crippen LogP contribution in [-0.2, 0) is 3.79 Å². The molecule has 0 aliphatic rings. The zero-order valence-corrected chi connectivity index (χ0v) is 10.6. The summed E-state index contributed by atoms with van der Waals surface area (Å²) in [5.74, 6) is 0.0803. The Kier molecular flexibility index (Phi) is 4.57. The molecule has 0 aliphatic heterocycles. The molecule has 0 radical (unpaired) electrons. The zero-order valence-electron chi connectivity index (χ0n) is 8.34. The number of aryl methyl sites for hydroxylation is 1. The van der Waals surface area contributed by atoms with E-state index in [2.05, 4.69) is 4.98 Å². The van der Waals surface area contributed by atoms with Crippen LogP contribution in [0.2, 0.25) is 0 Å². The molecule has 2 nitrogen and oxygen atoms in total. The summed E-state index contributed by atoms with van der Waals surface area (Å²) in [6, 6.07) is 6.66. The van der Waals surface area contributed by atoms with Crippen molar-refractivity contribution in [2.45, 2.75) is 10.7 Å². The maximum Gasteiger partial charge on any atom is 0.216 e. The van der Waals surface area contributed by atoms with Crippen molar-refractivity contribution >= 4 is 63.1 Å². The summed E-state index contributed by atoms with van der Waals surface area (Å²) in [5, 5.41) is 10.3. The minimum absolute atomic E-state index is 0. The van der Waals surface area contributed by atoms with E-state index in [0.717, 1.165) is 5.69 Å². The van der Waals surface area contributed by atoms with Gasteiger partial charge in [-0.15, -0.1) is 0 Å². The van der Waals surface area contributed by atoms with Crippen LogP contribution < -0.4 is 0 Å². The van der Waals surface area contributed by atoms with Crippen LogP contribution in [0.3, 0.4) is 0 Å². The molecule has 0 atom stereocenters. The van der Waals surface area contributed by atoms with Gasteiger partial charge in [-0.05, 0) is 19.1 Å². The lowest BCUT2D eigenvalue weighted by molar-refractivity contribution is 0.480. The maximum absolute atomic E-state index is 9.69. The van der Waals surface area contributed by atoms with Crippen LogP contribution >= 0.6 is 34.8 Å². The van der Waals surface area contributed by atoms with Crippen LogP contribution in [0.5, 0.6) is 5.75 Å². The van der Waals surface area contributed by atoms with Crippen molar-refractivity contribution in [2.75, 3.05) is 0 Å². The van der Waals surface area contributed by atoms with E-state index in [4.69, 9.17) is 34.8 Å². The van der Waals surface area contributed by atoms with Gasteiger partial charge in [0.1, 0.15) is 11.3 Å². The summed E-state index contributed by atoms with van der Waals surface area (Å²) in [6.45, 7) is 1.83. The number of halogens is 3. The van der Waals surface area contributed by atoms with E-state index in [9.17, 15) is 5.11 Å². The Bertz CT molecular complexity index is 554. The summed E-state index contributed by atoms with van der Waals surface area (Å²) in [7, 11) is 0. The molecule has 1 heterocycles. The molecular weight excluding hydrogens is 295 g/mol. The van der Waals surface area contributed by atoms with Crippen molar-refractivity contribution < 1.29 is 5.11 Å². The average molecular weight is 307 g/mol. The first-order valence-corrected chi connectivity index (χ1v) is 5.69. The number of hydrogen-bond donors (Lipinski definition) is 1. The Labute approximate surface area is 125 Å². The number of aromatic hydroxyl groups is 1. The van der Waals surface area contributed by atoms with E-state index >= 15 is 0 Å². The third kappa shape index (κ3) is 2.99. The Balaban J connectivity index is 0.00000144. The highest BCUT2D eigenvalue weighted by atomic mass is 35.6. The highest BCUT2D eigenvalue weighted by Crippen LogP contribution is 2.42. The first kappa shape index (κ1) is 14.9. The Morgan fingerprint density at radius 2 is 1.76 bits per heavy atom. The van der Waals surface area contributed by atoms with Gasteiger partial charge in [-0.3, -0.25) is 0 Å². The monoisotopic (exact) mass is 305 g/mol. The number of aromatic nitrogens is 1. The molecule has 17 heavy (non-hydrogen) atoms. The van der Waals surface area contributed by atoms with Gasteiger partial charge < -0.3 is 5.11 Å². The summed E-state index contributed by atoms with van der Waals surface area (Å²) >= 11 is 17.6. The smallest absolute Gasteiger partial charge is 0.216 e. The fraction of sp³-hybridized carbons (Fsp3) is 0.182. The number of phenolic OH excluding ortho intramolecular Hbond substituents is 1. The highest BCUT2D eigenvalue weighted by molar-refractivity contribution is 6.67. The van der Waals surface area contributed by atoms with Gasteiger partial charge >= 0.3 is 0 Å². The summed E-state index contributed by atoms with van der Waals surface area (Å²) in [6.07, 6.45) is 0. The van der Waals surface area contributed by atoms with E-state index < -0.39 is 3.79 Å². The van der Waals surface area contributed by atoms with Gasteiger partial charge in [0.25, 0.3) is 0 Å².